The van der Waals surface area contributed by atoms with Gasteiger partial charge in [-0.15, -0.1) is 0 Å². The van der Waals surface area contributed by atoms with E-state index in [2.05, 4.69) is 11.9 Å². The fourth-order valence-electron chi connectivity index (χ4n) is 2.48. The van der Waals surface area contributed by atoms with Gasteiger partial charge in [-0.05, 0) is 30.2 Å². The minimum absolute atomic E-state index is 0.0817. The molecule has 0 saturated heterocycles. The van der Waals surface area contributed by atoms with Crippen molar-refractivity contribution in [3.05, 3.63) is 65.0 Å². The van der Waals surface area contributed by atoms with Crippen molar-refractivity contribution in [1.82, 2.24) is 14.1 Å². The van der Waals surface area contributed by atoms with Crippen LogP contribution in [0.4, 0.5) is 0 Å². The third kappa shape index (κ3) is 2.25. The van der Waals surface area contributed by atoms with E-state index in [-0.39, 0.29) is 5.56 Å². The van der Waals surface area contributed by atoms with Gasteiger partial charge in [0.1, 0.15) is 5.52 Å². The van der Waals surface area contributed by atoms with Gasteiger partial charge in [-0.3, -0.25) is 9.78 Å². The van der Waals surface area contributed by atoms with Crippen molar-refractivity contribution in [3.63, 3.8) is 0 Å². The zero-order valence-corrected chi connectivity index (χ0v) is 11.5. The molecule has 0 aliphatic rings. The SMILES string of the molecule is CCCn1ccc2ccn(Cc3cccnc3)c2c1=O. The van der Waals surface area contributed by atoms with Crippen molar-refractivity contribution in [2.45, 2.75) is 26.4 Å². The van der Waals surface area contributed by atoms with E-state index >= 15 is 0 Å². The minimum Gasteiger partial charge on any atom is -0.339 e. The maximum Gasteiger partial charge on any atom is 0.275 e. The van der Waals surface area contributed by atoms with E-state index in [1.807, 2.05) is 47.4 Å². The smallest absolute Gasteiger partial charge is 0.275 e. The monoisotopic (exact) mass is 267 g/mol. The number of aryl methyl sites for hydroxylation is 1. The van der Waals surface area contributed by atoms with Crippen LogP contribution in [0.15, 0.2) is 53.8 Å². The first-order valence-electron chi connectivity index (χ1n) is 6.87. The van der Waals surface area contributed by atoms with Crippen LogP contribution in [0.25, 0.3) is 10.9 Å². The van der Waals surface area contributed by atoms with Crippen LogP contribution in [0, 0.1) is 0 Å². The van der Waals surface area contributed by atoms with Crippen molar-refractivity contribution >= 4 is 10.9 Å². The molecule has 0 spiro atoms. The zero-order valence-electron chi connectivity index (χ0n) is 11.5. The molecule has 0 radical (unpaired) electrons. The van der Waals surface area contributed by atoms with Crippen LogP contribution in [0.1, 0.15) is 18.9 Å². The van der Waals surface area contributed by atoms with Gasteiger partial charge in [0.25, 0.3) is 5.56 Å². The predicted molar refractivity (Wildman–Crippen MR) is 79.8 cm³/mol. The molecule has 3 heterocycles. The summed E-state index contributed by atoms with van der Waals surface area (Å²) in [5.41, 5.74) is 1.94. The molecule has 20 heavy (non-hydrogen) atoms. The van der Waals surface area contributed by atoms with Gasteiger partial charge < -0.3 is 9.13 Å². The molecule has 3 rings (SSSR count). The van der Waals surface area contributed by atoms with Gasteiger partial charge in [0.15, 0.2) is 0 Å². The minimum atomic E-state index is 0.0817. The second-order valence-electron chi connectivity index (χ2n) is 4.92. The van der Waals surface area contributed by atoms with E-state index in [0.717, 1.165) is 29.4 Å². The summed E-state index contributed by atoms with van der Waals surface area (Å²) < 4.78 is 3.78. The summed E-state index contributed by atoms with van der Waals surface area (Å²) >= 11 is 0. The first kappa shape index (κ1) is 12.7. The summed E-state index contributed by atoms with van der Waals surface area (Å²) in [7, 11) is 0. The standard InChI is InChI=1S/C16H17N3O/c1-2-8-18-9-5-14-6-10-19(15(14)16(18)20)12-13-4-3-7-17-11-13/h3-7,9-11H,2,8,12H2,1H3. The van der Waals surface area contributed by atoms with Crippen LogP contribution in [-0.4, -0.2) is 14.1 Å². The average Bonchev–Trinajstić information content (AvgIpc) is 2.87. The molecular weight excluding hydrogens is 250 g/mol. The Morgan fingerprint density at radius 3 is 2.65 bits per heavy atom. The van der Waals surface area contributed by atoms with Gasteiger partial charge in [-0.2, -0.15) is 0 Å². The number of hydrogen-bond acceptors (Lipinski definition) is 2. The number of hydrogen-bond donors (Lipinski definition) is 0. The lowest BCUT2D eigenvalue weighted by Gasteiger charge is -2.07. The molecular formula is C16H17N3O. The molecule has 0 aromatic carbocycles. The third-order valence-corrected chi connectivity index (χ3v) is 3.43. The Hall–Kier alpha value is -2.36. The molecule has 0 fully saturated rings. The Morgan fingerprint density at radius 2 is 1.95 bits per heavy atom. The molecule has 0 bridgehead atoms. The first-order chi connectivity index (χ1) is 9.79. The normalized spacial score (nSPS) is 11.1. The Balaban J connectivity index is 2.08. The largest absolute Gasteiger partial charge is 0.339 e. The second-order valence-corrected chi connectivity index (χ2v) is 4.92. The zero-order chi connectivity index (χ0) is 13.9. The van der Waals surface area contributed by atoms with Gasteiger partial charge in [0.05, 0.1) is 0 Å². The Bertz CT molecular complexity index is 771. The van der Waals surface area contributed by atoms with Crippen LogP contribution < -0.4 is 5.56 Å². The Morgan fingerprint density at radius 1 is 1.15 bits per heavy atom. The van der Waals surface area contributed by atoms with E-state index in [9.17, 15) is 4.79 Å². The highest BCUT2D eigenvalue weighted by Crippen LogP contribution is 2.13. The molecule has 0 N–H and O–H groups in total. The van der Waals surface area contributed by atoms with Crippen LogP contribution in [0.2, 0.25) is 0 Å². The number of nitrogens with zero attached hydrogens (tertiary/aromatic N) is 3. The second kappa shape index (κ2) is 5.33. The molecule has 0 aliphatic carbocycles. The van der Waals surface area contributed by atoms with E-state index in [1.54, 1.807) is 10.8 Å². The van der Waals surface area contributed by atoms with Crippen molar-refractivity contribution in [1.29, 1.82) is 0 Å². The number of fused-ring (bicyclic) bond motifs is 1. The van der Waals surface area contributed by atoms with E-state index in [1.165, 1.54) is 0 Å². The molecule has 102 valence electrons. The molecule has 3 aromatic rings. The quantitative estimate of drug-likeness (QED) is 0.729. The summed E-state index contributed by atoms with van der Waals surface area (Å²) in [5.74, 6) is 0. The Labute approximate surface area is 117 Å². The molecule has 0 amide bonds. The maximum absolute atomic E-state index is 12.5. The highest BCUT2D eigenvalue weighted by Gasteiger charge is 2.08. The van der Waals surface area contributed by atoms with Crippen LogP contribution in [0.3, 0.4) is 0 Å². The van der Waals surface area contributed by atoms with Crippen LogP contribution in [-0.2, 0) is 13.1 Å². The molecule has 3 aromatic heterocycles. The number of rotatable bonds is 4. The fourth-order valence-corrected chi connectivity index (χ4v) is 2.48. The molecule has 0 atom stereocenters. The van der Waals surface area contributed by atoms with Crippen molar-refractivity contribution in [3.8, 4) is 0 Å². The predicted octanol–water partition coefficient (Wildman–Crippen LogP) is 2.66. The topological polar surface area (TPSA) is 39.8 Å². The van der Waals surface area contributed by atoms with Crippen molar-refractivity contribution in [2.75, 3.05) is 0 Å². The van der Waals surface area contributed by atoms with E-state index < -0.39 is 0 Å². The highest BCUT2D eigenvalue weighted by atomic mass is 16.1. The Kier molecular flexibility index (Phi) is 3.37. The lowest BCUT2D eigenvalue weighted by Crippen LogP contribution is -2.21. The van der Waals surface area contributed by atoms with E-state index in [4.69, 9.17) is 0 Å². The first-order valence-corrected chi connectivity index (χ1v) is 6.87. The van der Waals surface area contributed by atoms with Crippen molar-refractivity contribution < 1.29 is 0 Å². The average molecular weight is 267 g/mol. The molecule has 0 aliphatic heterocycles. The summed E-state index contributed by atoms with van der Waals surface area (Å²) in [6.45, 7) is 3.50. The lowest BCUT2D eigenvalue weighted by molar-refractivity contribution is 0.655. The number of pyridine rings is 2. The maximum atomic E-state index is 12.5. The molecule has 0 unspecified atom stereocenters. The molecule has 4 heteroatoms. The van der Waals surface area contributed by atoms with Crippen LogP contribution in [0.5, 0.6) is 0 Å². The van der Waals surface area contributed by atoms with Crippen LogP contribution >= 0.6 is 0 Å². The van der Waals surface area contributed by atoms with Crippen molar-refractivity contribution in [2.24, 2.45) is 0 Å². The highest BCUT2D eigenvalue weighted by molar-refractivity contribution is 5.79. The van der Waals surface area contributed by atoms with Gasteiger partial charge in [0.2, 0.25) is 0 Å². The third-order valence-electron chi connectivity index (χ3n) is 3.43. The van der Waals surface area contributed by atoms with Gasteiger partial charge >= 0.3 is 0 Å². The lowest BCUT2D eigenvalue weighted by atomic mass is 10.2. The summed E-state index contributed by atoms with van der Waals surface area (Å²) in [4.78, 5) is 16.6. The summed E-state index contributed by atoms with van der Waals surface area (Å²) in [6, 6.07) is 7.93. The summed E-state index contributed by atoms with van der Waals surface area (Å²) in [5, 5.41) is 0.992. The number of aromatic nitrogens is 3. The summed E-state index contributed by atoms with van der Waals surface area (Å²) in [6.07, 6.45) is 8.39. The van der Waals surface area contributed by atoms with Gasteiger partial charge in [-0.1, -0.05) is 13.0 Å². The fraction of sp³-hybridized carbons (Fsp3) is 0.250. The molecule has 4 nitrogen and oxygen atoms in total. The van der Waals surface area contributed by atoms with Gasteiger partial charge in [0, 0.05) is 43.3 Å². The molecule has 0 saturated carbocycles. The van der Waals surface area contributed by atoms with Gasteiger partial charge in [-0.25, -0.2) is 0 Å². The van der Waals surface area contributed by atoms with E-state index in [0.29, 0.717) is 6.54 Å².